The molecule has 76 valence electrons. The first kappa shape index (κ1) is 10.8. The van der Waals surface area contributed by atoms with E-state index in [-0.39, 0.29) is 10.6 Å². The van der Waals surface area contributed by atoms with Gasteiger partial charge in [-0.25, -0.2) is 4.21 Å². The molecule has 14 heavy (non-hydrogen) atoms. The molecule has 0 heterocycles. The molecule has 0 saturated carbocycles. The van der Waals surface area contributed by atoms with E-state index in [4.69, 9.17) is 4.55 Å². The van der Waals surface area contributed by atoms with Crippen molar-refractivity contribution in [1.29, 1.82) is 0 Å². The van der Waals surface area contributed by atoms with Crippen molar-refractivity contribution in [3.05, 3.63) is 33.4 Å². The smallest absolute Gasteiger partial charge is 0.272 e. The summed E-state index contributed by atoms with van der Waals surface area (Å²) in [6.45, 7) is 3.10. The second kappa shape index (κ2) is 3.85. The summed E-state index contributed by atoms with van der Waals surface area (Å²) in [6.07, 6.45) is 0. The Morgan fingerprint density at radius 3 is 2.36 bits per heavy atom. The molecule has 6 heteroatoms. The van der Waals surface area contributed by atoms with Crippen LogP contribution in [0.4, 0.5) is 5.69 Å². The van der Waals surface area contributed by atoms with Crippen LogP contribution in [0.1, 0.15) is 11.1 Å². The zero-order valence-corrected chi connectivity index (χ0v) is 8.50. The molecule has 0 radical (unpaired) electrons. The van der Waals surface area contributed by atoms with Crippen LogP contribution in [0.25, 0.3) is 0 Å². The SMILES string of the molecule is Cc1cc(S(=O)O)c(C)cc1[N+](=O)[O-]. The highest BCUT2D eigenvalue weighted by atomic mass is 32.2. The molecular formula is C8H9NO4S. The molecule has 0 aliphatic rings. The summed E-state index contributed by atoms with van der Waals surface area (Å²) in [5.41, 5.74) is 0.804. The number of rotatable bonds is 2. The Morgan fingerprint density at radius 1 is 1.36 bits per heavy atom. The van der Waals surface area contributed by atoms with Crippen molar-refractivity contribution in [1.82, 2.24) is 0 Å². The van der Waals surface area contributed by atoms with Crippen molar-refractivity contribution in [2.45, 2.75) is 18.7 Å². The van der Waals surface area contributed by atoms with Gasteiger partial charge in [0.05, 0.1) is 9.82 Å². The summed E-state index contributed by atoms with van der Waals surface area (Å²) in [5, 5.41) is 10.5. The largest absolute Gasteiger partial charge is 0.302 e. The second-order valence-electron chi connectivity index (χ2n) is 2.91. The normalized spacial score (nSPS) is 12.5. The maximum Gasteiger partial charge on any atom is 0.272 e. The molecule has 1 atom stereocenters. The molecule has 0 spiro atoms. The van der Waals surface area contributed by atoms with Gasteiger partial charge < -0.3 is 4.55 Å². The predicted octanol–water partition coefficient (Wildman–Crippen LogP) is 1.79. The van der Waals surface area contributed by atoms with Crippen LogP contribution in [0.3, 0.4) is 0 Å². The second-order valence-corrected chi connectivity index (χ2v) is 3.85. The summed E-state index contributed by atoms with van der Waals surface area (Å²) in [4.78, 5) is 10.2. The van der Waals surface area contributed by atoms with Crippen molar-refractivity contribution in [2.75, 3.05) is 0 Å². The van der Waals surface area contributed by atoms with Crippen molar-refractivity contribution < 1.29 is 13.7 Å². The molecule has 0 aliphatic carbocycles. The fourth-order valence-corrected chi connectivity index (χ4v) is 1.77. The fourth-order valence-electron chi connectivity index (χ4n) is 1.16. The number of nitro groups is 1. The van der Waals surface area contributed by atoms with Gasteiger partial charge in [-0.15, -0.1) is 0 Å². The van der Waals surface area contributed by atoms with E-state index in [1.54, 1.807) is 6.92 Å². The molecule has 5 nitrogen and oxygen atoms in total. The summed E-state index contributed by atoms with van der Waals surface area (Å²) in [7, 11) is 0. The average Bonchev–Trinajstić information content (AvgIpc) is 2.07. The molecule has 1 N–H and O–H groups in total. The first-order valence-corrected chi connectivity index (χ1v) is 4.90. The highest BCUT2D eigenvalue weighted by molar-refractivity contribution is 7.79. The van der Waals surface area contributed by atoms with Crippen LogP contribution >= 0.6 is 0 Å². The van der Waals surface area contributed by atoms with Crippen molar-refractivity contribution in [3.8, 4) is 0 Å². The van der Waals surface area contributed by atoms with Crippen LogP contribution in [0.5, 0.6) is 0 Å². The Bertz CT molecular complexity index is 376. The van der Waals surface area contributed by atoms with Crippen molar-refractivity contribution in [2.24, 2.45) is 0 Å². The third-order valence-electron chi connectivity index (χ3n) is 1.88. The van der Waals surface area contributed by atoms with Gasteiger partial charge in [-0.3, -0.25) is 10.1 Å². The van der Waals surface area contributed by atoms with Crippen LogP contribution < -0.4 is 0 Å². The quantitative estimate of drug-likeness (QED) is 0.463. The molecular weight excluding hydrogens is 206 g/mol. The lowest BCUT2D eigenvalue weighted by atomic mass is 10.1. The van der Waals surface area contributed by atoms with Crippen LogP contribution in [-0.2, 0) is 11.1 Å². The number of hydrogen-bond acceptors (Lipinski definition) is 3. The van der Waals surface area contributed by atoms with Gasteiger partial charge in [0.25, 0.3) is 5.69 Å². The zero-order chi connectivity index (χ0) is 10.9. The van der Waals surface area contributed by atoms with Crippen LogP contribution in [0, 0.1) is 24.0 Å². The Balaban J connectivity index is 3.38. The van der Waals surface area contributed by atoms with E-state index < -0.39 is 16.0 Å². The number of aryl methyl sites for hydroxylation is 2. The standard InChI is InChI=1S/C8H9NO4S/c1-5-4-8(14(12)13)6(2)3-7(5)9(10)11/h3-4H,1-2H3,(H,12,13). The molecule has 1 aromatic carbocycles. The van der Waals surface area contributed by atoms with Gasteiger partial charge in [0.15, 0.2) is 11.1 Å². The minimum Gasteiger partial charge on any atom is -0.302 e. The van der Waals surface area contributed by atoms with E-state index in [9.17, 15) is 14.3 Å². The lowest BCUT2D eigenvalue weighted by molar-refractivity contribution is -0.385. The zero-order valence-electron chi connectivity index (χ0n) is 7.68. The summed E-state index contributed by atoms with van der Waals surface area (Å²) >= 11 is -2.09. The summed E-state index contributed by atoms with van der Waals surface area (Å²) in [5.74, 6) is 0. The molecule has 0 fully saturated rings. The number of benzene rings is 1. The molecule has 0 aromatic heterocycles. The Labute approximate surface area is 83.2 Å². The Morgan fingerprint density at radius 2 is 1.93 bits per heavy atom. The molecule has 1 aromatic rings. The highest BCUT2D eigenvalue weighted by Crippen LogP contribution is 2.23. The number of nitro benzene ring substituents is 1. The fraction of sp³-hybridized carbons (Fsp3) is 0.250. The van der Waals surface area contributed by atoms with E-state index in [0.29, 0.717) is 11.1 Å². The van der Waals surface area contributed by atoms with Crippen molar-refractivity contribution >= 4 is 16.8 Å². The molecule has 1 unspecified atom stereocenters. The van der Waals surface area contributed by atoms with Gasteiger partial charge >= 0.3 is 0 Å². The Kier molecular flexibility index (Phi) is 2.97. The van der Waals surface area contributed by atoms with E-state index in [1.807, 2.05) is 0 Å². The van der Waals surface area contributed by atoms with E-state index >= 15 is 0 Å². The monoisotopic (exact) mass is 215 g/mol. The van der Waals surface area contributed by atoms with Gasteiger partial charge in [-0.1, -0.05) is 0 Å². The third kappa shape index (κ3) is 1.97. The topological polar surface area (TPSA) is 80.4 Å². The highest BCUT2D eigenvalue weighted by Gasteiger charge is 2.15. The Hall–Kier alpha value is -1.27. The summed E-state index contributed by atoms with van der Waals surface area (Å²) < 4.78 is 19.7. The van der Waals surface area contributed by atoms with Gasteiger partial charge in [-0.05, 0) is 25.5 Å². The van der Waals surface area contributed by atoms with E-state index in [0.717, 1.165) is 0 Å². The molecule has 1 rings (SSSR count). The van der Waals surface area contributed by atoms with Gasteiger partial charge in [0.2, 0.25) is 0 Å². The van der Waals surface area contributed by atoms with Crippen LogP contribution in [-0.4, -0.2) is 13.7 Å². The van der Waals surface area contributed by atoms with Crippen LogP contribution in [0.2, 0.25) is 0 Å². The number of hydrogen-bond donors (Lipinski definition) is 1. The van der Waals surface area contributed by atoms with Crippen LogP contribution in [0.15, 0.2) is 17.0 Å². The van der Waals surface area contributed by atoms with E-state index in [1.165, 1.54) is 19.1 Å². The first-order valence-electron chi connectivity index (χ1n) is 3.80. The summed E-state index contributed by atoms with van der Waals surface area (Å²) in [6, 6.07) is 2.67. The average molecular weight is 215 g/mol. The van der Waals surface area contributed by atoms with Crippen molar-refractivity contribution in [3.63, 3.8) is 0 Å². The minimum atomic E-state index is -2.09. The lowest BCUT2D eigenvalue weighted by Gasteiger charge is -2.03. The molecule has 0 saturated heterocycles. The lowest BCUT2D eigenvalue weighted by Crippen LogP contribution is -1.98. The van der Waals surface area contributed by atoms with Gasteiger partial charge in [0, 0.05) is 11.6 Å². The minimum absolute atomic E-state index is 0.0308. The maximum atomic E-state index is 10.8. The predicted molar refractivity (Wildman–Crippen MR) is 51.6 cm³/mol. The molecule has 0 amide bonds. The number of nitrogens with zero attached hydrogens (tertiary/aromatic N) is 1. The molecule has 0 aliphatic heterocycles. The van der Waals surface area contributed by atoms with E-state index in [2.05, 4.69) is 0 Å². The maximum absolute atomic E-state index is 10.8. The van der Waals surface area contributed by atoms with Gasteiger partial charge in [0.1, 0.15) is 0 Å². The van der Waals surface area contributed by atoms with Gasteiger partial charge in [-0.2, -0.15) is 0 Å². The molecule has 0 bridgehead atoms. The first-order chi connectivity index (χ1) is 6.43. The third-order valence-corrected chi connectivity index (χ3v) is 2.69.